The van der Waals surface area contributed by atoms with Gasteiger partial charge in [0.15, 0.2) is 0 Å². The van der Waals surface area contributed by atoms with Gasteiger partial charge in [0.2, 0.25) is 5.95 Å². The maximum Gasteiger partial charge on any atom is 0.222 e. The zero-order valence-electron chi connectivity index (χ0n) is 14.3. The lowest BCUT2D eigenvalue weighted by molar-refractivity contribution is 0.414. The van der Waals surface area contributed by atoms with E-state index in [4.69, 9.17) is 4.74 Å². The van der Waals surface area contributed by atoms with Gasteiger partial charge in [-0.2, -0.15) is 16.1 Å². The average Bonchev–Trinajstić information content (AvgIpc) is 3.08. The van der Waals surface area contributed by atoms with Gasteiger partial charge in [-0.05, 0) is 50.7 Å². The molecule has 0 unspecified atom stereocenters. The van der Waals surface area contributed by atoms with Crippen LogP contribution < -0.4 is 10.1 Å². The van der Waals surface area contributed by atoms with Crippen LogP contribution >= 0.6 is 39.2 Å². The van der Waals surface area contributed by atoms with E-state index in [-0.39, 0.29) is 0 Å². The van der Waals surface area contributed by atoms with E-state index in [1.165, 1.54) is 17.1 Å². The fraction of sp³-hybridized carbons (Fsp3) is 0.278. The molecule has 0 radical (unpaired) electrons. The Morgan fingerprint density at radius 3 is 2.81 bits per heavy atom. The summed E-state index contributed by atoms with van der Waals surface area (Å²) in [6, 6.07) is 8.04. The van der Waals surface area contributed by atoms with E-state index in [9.17, 15) is 0 Å². The van der Waals surface area contributed by atoms with Crippen molar-refractivity contribution >= 4 is 45.2 Å². The van der Waals surface area contributed by atoms with Crippen molar-refractivity contribution in [3.8, 4) is 5.75 Å². The Kier molecular flexibility index (Phi) is 7.28. The molecule has 1 aromatic carbocycles. The molecule has 2 aromatic heterocycles. The summed E-state index contributed by atoms with van der Waals surface area (Å²) < 4.78 is 10.7. The molecule has 2 heterocycles. The predicted molar refractivity (Wildman–Crippen MR) is 112 cm³/mol. The minimum atomic E-state index is 0.662. The molecule has 0 amide bonds. The van der Waals surface area contributed by atoms with Crippen LogP contribution in [0.15, 0.2) is 46.5 Å². The number of methoxy groups -OCH3 is 1. The van der Waals surface area contributed by atoms with Gasteiger partial charge < -0.3 is 10.1 Å². The molecule has 1 N–H and O–H groups in total. The number of halogens is 1. The van der Waals surface area contributed by atoms with Gasteiger partial charge in [0.25, 0.3) is 0 Å². The van der Waals surface area contributed by atoms with Gasteiger partial charge in [0, 0.05) is 42.2 Å². The molecule has 0 aliphatic heterocycles. The van der Waals surface area contributed by atoms with Crippen molar-refractivity contribution < 1.29 is 4.74 Å². The lowest BCUT2D eigenvalue weighted by Gasteiger charge is -2.07. The number of aromatic nitrogens is 3. The van der Waals surface area contributed by atoms with Crippen LogP contribution in [0.1, 0.15) is 16.8 Å². The Morgan fingerprint density at radius 1 is 1.23 bits per heavy atom. The van der Waals surface area contributed by atoms with Gasteiger partial charge in [-0.1, -0.05) is 12.1 Å². The third-order valence-electron chi connectivity index (χ3n) is 3.61. The molecule has 0 aliphatic rings. The monoisotopic (exact) mass is 450 g/mol. The number of benzene rings is 1. The van der Waals surface area contributed by atoms with E-state index >= 15 is 0 Å². The van der Waals surface area contributed by atoms with Crippen molar-refractivity contribution in [2.45, 2.75) is 12.2 Å². The molecule has 0 aliphatic carbocycles. The molecular weight excluding hydrogens is 432 g/mol. The number of ether oxygens (including phenoxy) is 1. The highest BCUT2D eigenvalue weighted by molar-refractivity contribution is 9.10. The Balaban J connectivity index is 1.42. The van der Waals surface area contributed by atoms with Crippen molar-refractivity contribution in [3.63, 3.8) is 0 Å². The minimum Gasteiger partial charge on any atom is -0.497 e. The zero-order valence-corrected chi connectivity index (χ0v) is 17.5. The molecular formula is C18H19BrN4OS2. The van der Waals surface area contributed by atoms with E-state index in [1.54, 1.807) is 7.11 Å². The number of rotatable bonds is 9. The lowest BCUT2D eigenvalue weighted by Crippen LogP contribution is -2.08. The predicted octanol–water partition coefficient (Wildman–Crippen LogP) is 4.64. The van der Waals surface area contributed by atoms with Crippen LogP contribution in [0.2, 0.25) is 0 Å². The summed E-state index contributed by atoms with van der Waals surface area (Å²) in [6.45, 7) is 0.821. The summed E-state index contributed by atoms with van der Waals surface area (Å²) in [4.78, 5) is 8.80. The molecule has 0 atom stereocenters. The molecule has 0 saturated heterocycles. The highest BCUT2D eigenvalue weighted by Gasteiger charge is 2.03. The maximum absolute atomic E-state index is 5.26. The van der Waals surface area contributed by atoms with Crippen molar-refractivity contribution in [3.05, 3.63) is 63.3 Å². The highest BCUT2D eigenvalue weighted by Crippen LogP contribution is 2.22. The molecule has 0 saturated carbocycles. The van der Waals surface area contributed by atoms with E-state index in [0.29, 0.717) is 5.95 Å². The van der Waals surface area contributed by atoms with Gasteiger partial charge in [-0.25, -0.2) is 9.97 Å². The molecule has 0 spiro atoms. The van der Waals surface area contributed by atoms with E-state index < -0.39 is 0 Å². The van der Waals surface area contributed by atoms with E-state index in [2.05, 4.69) is 41.7 Å². The van der Waals surface area contributed by atoms with E-state index in [1.807, 2.05) is 47.7 Å². The van der Waals surface area contributed by atoms with Crippen molar-refractivity contribution in [1.29, 1.82) is 0 Å². The Morgan fingerprint density at radius 2 is 2.08 bits per heavy atom. The number of nitrogens with zero attached hydrogens (tertiary/aromatic N) is 3. The van der Waals surface area contributed by atoms with Crippen LogP contribution in [0.3, 0.4) is 0 Å². The zero-order chi connectivity index (χ0) is 18.2. The maximum atomic E-state index is 5.26. The quantitative estimate of drug-likeness (QED) is 0.479. The molecule has 0 bridgehead atoms. The van der Waals surface area contributed by atoms with Gasteiger partial charge in [0.05, 0.1) is 17.3 Å². The summed E-state index contributed by atoms with van der Waals surface area (Å²) in [7, 11) is 1.68. The van der Waals surface area contributed by atoms with Crippen LogP contribution in [0.25, 0.3) is 0 Å². The molecule has 3 rings (SSSR count). The fourth-order valence-corrected chi connectivity index (χ4v) is 4.54. The first-order chi connectivity index (χ1) is 12.7. The largest absolute Gasteiger partial charge is 0.497 e. The first-order valence-corrected chi connectivity index (χ1v) is 10.9. The number of nitrogens with one attached hydrogen (secondary N) is 1. The molecule has 0 fully saturated rings. The number of hydrogen-bond acceptors (Lipinski definition) is 7. The third kappa shape index (κ3) is 5.69. The average molecular weight is 451 g/mol. The SMILES string of the molecule is COc1cccc(Cc2cnc(NCCSCc3nscc3Br)nc2)c1. The smallest absolute Gasteiger partial charge is 0.222 e. The molecule has 5 nitrogen and oxygen atoms in total. The fourth-order valence-electron chi connectivity index (χ4n) is 2.30. The molecule has 3 aromatic rings. The second-order valence-electron chi connectivity index (χ2n) is 5.53. The van der Waals surface area contributed by atoms with Gasteiger partial charge in [-0.3, -0.25) is 0 Å². The van der Waals surface area contributed by atoms with Crippen molar-refractivity contribution in [2.24, 2.45) is 0 Å². The second kappa shape index (κ2) is 9.89. The highest BCUT2D eigenvalue weighted by atomic mass is 79.9. The van der Waals surface area contributed by atoms with Crippen molar-refractivity contribution in [2.75, 3.05) is 24.7 Å². The van der Waals surface area contributed by atoms with Crippen molar-refractivity contribution in [1.82, 2.24) is 14.3 Å². The Labute approximate surface area is 169 Å². The lowest BCUT2D eigenvalue weighted by atomic mass is 10.1. The van der Waals surface area contributed by atoms with Gasteiger partial charge >= 0.3 is 0 Å². The molecule has 136 valence electrons. The van der Waals surface area contributed by atoms with Crippen LogP contribution in [-0.4, -0.2) is 33.7 Å². The van der Waals surface area contributed by atoms with Crippen LogP contribution in [-0.2, 0) is 12.2 Å². The second-order valence-corrected chi connectivity index (χ2v) is 8.12. The van der Waals surface area contributed by atoms with E-state index in [0.717, 1.165) is 46.0 Å². The standard InChI is InChI=1S/C18H19BrN4OS2/c1-24-15-4-2-3-13(8-15)7-14-9-21-18(22-10-14)20-5-6-25-12-17-16(19)11-26-23-17/h2-4,8-11H,5-7,12H2,1H3,(H,20,21,22). The number of thioether (sulfide) groups is 1. The van der Waals surface area contributed by atoms with Gasteiger partial charge in [-0.15, -0.1) is 0 Å². The summed E-state index contributed by atoms with van der Waals surface area (Å²) in [6.07, 6.45) is 4.53. The minimum absolute atomic E-state index is 0.662. The van der Waals surface area contributed by atoms with Gasteiger partial charge in [0.1, 0.15) is 5.75 Å². The Hall–Kier alpha value is -1.64. The first kappa shape index (κ1) is 19.1. The van der Waals surface area contributed by atoms with Crippen LogP contribution in [0.5, 0.6) is 5.75 Å². The normalized spacial score (nSPS) is 10.7. The molecule has 8 heteroatoms. The van der Waals surface area contributed by atoms with Crippen LogP contribution in [0, 0.1) is 0 Å². The van der Waals surface area contributed by atoms with Crippen LogP contribution in [0.4, 0.5) is 5.95 Å². The summed E-state index contributed by atoms with van der Waals surface area (Å²) in [5.74, 6) is 3.41. The number of anilines is 1. The topological polar surface area (TPSA) is 59.9 Å². The Bertz CT molecular complexity index is 826. The summed E-state index contributed by atoms with van der Waals surface area (Å²) in [5, 5.41) is 5.27. The molecule has 26 heavy (non-hydrogen) atoms. The number of hydrogen-bond donors (Lipinski definition) is 1. The summed E-state index contributed by atoms with van der Waals surface area (Å²) in [5.41, 5.74) is 3.36. The third-order valence-corrected chi connectivity index (χ3v) is 6.24. The first-order valence-electron chi connectivity index (χ1n) is 8.09. The summed E-state index contributed by atoms with van der Waals surface area (Å²) >= 11 is 6.82.